The molecule has 4 rings (SSSR count). The molecule has 0 atom stereocenters. The zero-order valence-electron chi connectivity index (χ0n) is 15.3. The number of anilines is 1. The van der Waals surface area contributed by atoms with Crippen molar-refractivity contribution in [1.29, 1.82) is 0 Å². The van der Waals surface area contributed by atoms with Crippen molar-refractivity contribution in [1.82, 2.24) is 4.90 Å². The fraction of sp³-hybridized carbons (Fsp3) is 0.217. The van der Waals surface area contributed by atoms with Crippen molar-refractivity contribution in [3.05, 3.63) is 77.9 Å². The fourth-order valence-corrected chi connectivity index (χ4v) is 3.19. The molecule has 1 N–H and O–H groups in total. The summed E-state index contributed by atoms with van der Waals surface area (Å²) in [6.45, 7) is 0.545. The molecule has 0 radical (unpaired) electrons. The lowest BCUT2D eigenvalue weighted by Gasteiger charge is -2.18. The Morgan fingerprint density at radius 2 is 1.67 bits per heavy atom. The van der Waals surface area contributed by atoms with Gasteiger partial charge in [-0.25, -0.2) is 0 Å². The van der Waals surface area contributed by atoms with E-state index in [4.69, 9.17) is 0 Å². The largest absolute Gasteiger partial charge is 0.337 e. The summed E-state index contributed by atoms with van der Waals surface area (Å²) in [6.07, 6.45) is 1.95. The predicted octanol–water partition coefficient (Wildman–Crippen LogP) is 4.46. The van der Waals surface area contributed by atoms with Crippen molar-refractivity contribution in [2.45, 2.75) is 19.4 Å². The number of amides is 2. The van der Waals surface area contributed by atoms with E-state index in [2.05, 4.69) is 35.6 Å². The lowest BCUT2D eigenvalue weighted by molar-refractivity contribution is -0.117. The van der Waals surface area contributed by atoms with Gasteiger partial charge in [-0.15, -0.1) is 0 Å². The van der Waals surface area contributed by atoms with Gasteiger partial charge in [-0.2, -0.15) is 0 Å². The number of nitrogens with zero attached hydrogens (tertiary/aromatic N) is 1. The summed E-state index contributed by atoms with van der Waals surface area (Å²) < 4.78 is 0. The van der Waals surface area contributed by atoms with Gasteiger partial charge in [0.1, 0.15) is 0 Å². The highest BCUT2D eigenvalue weighted by Gasteiger charge is 2.29. The van der Waals surface area contributed by atoms with Gasteiger partial charge in [-0.1, -0.05) is 36.4 Å². The van der Waals surface area contributed by atoms with Crippen LogP contribution in [0.25, 0.3) is 10.8 Å². The van der Waals surface area contributed by atoms with E-state index >= 15 is 0 Å². The molecule has 0 bridgehead atoms. The lowest BCUT2D eigenvalue weighted by Crippen LogP contribution is -2.26. The maximum atomic E-state index is 12.7. The second-order valence-corrected chi connectivity index (χ2v) is 7.18. The van der Waals surface area contributed by atoms with Crippen LogP contribution in [0.2, 0.25) is 0 Å². The van der Waals surface area contributed by atoms with Crippen molar-refractivity contribution in [3.8, 4) is 0 Å². The molecule has 0 aliphatic heterocycles. The number of carbonyl (C=O) groups excluding carboxylic acids is 2. The predicted molar refractivity (Wildman–Crippen MR) is 108 cm³/mol. The van der Waals surface area contributed by atoms with E-state index in [0.717, 1.165) is 24.1 Å². The minimum absolute atomic E-state index is 0.0387. The molecule has 2 amide bonds. The minimum Gasteiger partial charge on any atom is -0.337 e. The first-order chi connectivity index (χ1) is 13.1. The van der Waals surface area contributed by atoms with Crippen LogP contribution in [0.3, 0.4) is 0 Å². The van der Waals surface area contributed by atoms with Gasteiger partial charge in [0.05, 0.1) is 0 Å². The summed E-state index contributed by atoms with van der Waals surface area (Å²) in [4.78, 5) is 26.2. The van der Waals surface area contributed by atoms with Crippen LogP contribution < -0.4 is 5.32 Å². The van der Waals surface area contributed by atoms with E-state index < -0.39 is 0 Å². The minimum atomic E-state index is -0.0387. The van der Waals surface area contributed by atoms with Gasteiger partial charge in [-0.3, -0.25) is 9.59 Å². The van der Waals surface area contributed by atoms with Gasteiger partial charge in [0.2, 0.25) is 5.91 Å². The van der Waals surface area contributed by atoms with Gasteiger partial charge >= 0.3 is 0 Å². The van der Waals surface area contributed by atoms with Gasteiger partial charge < -0.3 is 10.2 Å². The summed E-state index contributed by atoms with van der Waals surface area (Å²) in [5.41, 5.74) is 2.45. The van der Waals surface area contributed by atoms with Gasteiger partial charge in [-0.05, 0) is 59.5 Å². The van der Waals surface area contributed by atoms with E-state index in [1.165, 1.54) is 10.8 Å². The molecule has 0 aromatic heterocycles. The van der Waals surface area contributed by atoms with Crippen molar-refractivity contribution < 1.29 is 9.59 Å². The Morgan fingerprint density at radius 1 is 0.963 bits per heavy atom. The molecule has 0 spiro atoms. The number of hydrogen-bond acceptors (Lipinski definition) is 2. The average molecular weight is 358 g/mol. The van der Waals surface area contributed by atoms with Crippen molar-refractivity contribution in [2.75, 3.05) is 12.4 Å². The van der Waals surface area contributed by atoms with E-state index in [9.17, 15) is 9.59 Å². The number of carbonyl (C=O) groups is 2. The molecule has 136 valence electrons. The number of fused-ring (bicyclic) bond motifs is 1. The zero-order valence-corrected chi connectivity index (χ0v) is 15.3. The summed E-state index contributed by atoms with van der Waals surface area (Å²) >= 11 is 0. The van der Waals surface area contributed by atoms with Crippen molar-refractivity contribution in [2.24, 2.45) is 5.92 Å². The smallest absolute Gasteiger partial charge is 0.253 e. The molecule has 4 nitrogen and oxygen atoms in total. The lowest BCUT2D eigenvalue weighted by atomic mass is 10.1. The summed E-state index contributed by atoms with van der Waals surface area (Å²) in [5.74, 6) is 0.199. The van der Waals surface area contributed by atoms with Crippen LogP contribution in [-0.2, 0) is 11.3 Å². The molecule has 1 saturated carbocycles. The summed E-state index contributed by atoms with van der Waals surface area (Å²) in [5, 5.41) is 5.26. The van der Waals surface area contributed by atoms with Gasteiger partial charge in [0, 0.05) is 30.8 Å². The van der Waals surface area contributed by atoms with Crippen LogP contribution in [-0.4, -0.2) is 23.8 Å². The number of rotatable bonds is 5. The Kier molecular flexibility index (Phi) is 4.63. The molecule has 0 heterocycles. The van der Waals surface area contributed by atoms with Crippen LogP contribution in [0.1, 0.15) is 28.8 Å². The summed E-state index contributed by atoms with van der Waals surface area (Å²) in [7, 11) is 1.81. The number of hydrogen-bond donors (Lipinski definition) is 1. The van der Waals surface area contributed by atoms with Crippen LogP contribution in [0, 0.1) is 5.92 Å². The molecule has 1 aliphatic carbocycles. The normalized spacial score (nSPS) is 13.4. The second kappa shape index (κ2) is 7.23. The Hall–Kier alpha value is -3.14. The number of nitrogens with one attached hydrogen (secondary N) is 1. The first kappa shape index (κ1) is 17.3. The molecule has 3 aromatic carbocycles. The average Bonchev–Trinajstić information content (AvgIpc) is 3.53. The molecule has 4 heteroatoms. The van der Waals surface area contributed by atoms with Crippen LogP contribution in [0.15, 0.2) is 66.7 Å². The van der Waals surface area contributed by atoms with Crippen LogP contribution in [0.5, 0.6) is 0 Å². The molecule has 1 fully saturated rings. The Balaban J connectivity index is 1.42. The molecular formula is C23H22N2O2. The monoisotopic (exact) mass is 358 g/mol. The molecule has 3 aromatic rings. The van der Waals surface area contributed by atoms with Crippen molar-refractivity contribution in [3.63, 3.8) is 0 Å². The first-order valence-corrected chi connectivity index (χ1v) is 9.24. The molecule has 1 aliphatic rings. The van der Waals surface area contributed by atoms with E-state index in [1.807, 2.05) is 12.1 Å². The van der Waals surface area contributed by atoms with E-state index in [-0.39, 0.29) is 17.7 Å². The highest BCUT2D eigenvalue weighted by Crippen LogP contribution is 2.30. The van der Waals surface area contributed by atoms with E-state index in [0.29, 0.717) is 12.1 Å². The third kappa shape index (κ3) is 4.00. The van der Waals surface area contributed by atoms with Crippen molar-refractivity contribution >= 4 is 28.3 Å². The van der Waals surface area contributed by atoms with Crippen LogP contribution >= 0.6 is 0 Å². The third-order valence-electron chi connectivity index (χ3n) is 4.93. The quantitative estimate of drug-likeness (QED) is 0.732. The topological polar surface area (TPSA) is 49.4 Å². The zero-order chi connectivity index (χ0) is 18.8. The standard InChI is InChI=1S/C23H22N2O2/c1-25(15-16-6-7-17-4-2-3-5-20(17)14-16)23(27)19-10-12-21(13-11-19)24-22(26)18-8-9-18/h2-7,10-14,18H,8-9,15H2,1H3,(H,24,26). The maximum absolute atomic E-state index is 12.7. The van der Waals surface area contributed by atoms with Gasteiger partial charge in [0.25, 0.3) is 5.91 Å². The molecule has 0 unspecified atom stereocenters. The molecule has 27 heavy (non-hydrogen) atoms. The second-order valence-electron chi connectivity index (χ2n) is 7.18. The summed E-state index contributed by atoms with van der Waals surface area (Å²) in [6, 6.07) is 21.6. The highest BCUT2D eigenvalue weighted by molar-refractivity contribution is 5.96. The first-order valence-electron chi connectivity index (χ1n) is 9.24. The molecular weight excluding hydrogens is 336 g/mol. The highest BCUT2D eigenvalue weighted by atomic mass is 16.2. The maximum Gasteiger partial charge on any atom is 0.253 e. The molecule has 0 saturated heterocycles. The Bertz CT molecular complexity index is 991. The fourth-order valence-electron chi connectivity index (χ4n) is 3.19. The SMILES string of the molecule is CN(Cc1ccc2ccccc2c1)C(=O)c1ccc(NC(=O)C2CC2)cc1. The van der Waals surface area contributed by atoms with Crippen LogP contribution in [0.4, 0.5) is 5.69 Å². The van der Waals surface area contributed by atoms with E-state index in [1.54, 1.807) is 36.2 Å². The van der Waals surface area contributed by atoms with Gasteiger partial charge in [0.15, 0.2) is 0 Å². The Labute approximate surface area is 158 Å². The Morgan fingerprint density at radius 3 is 2.37 bits per heavy atom. The number of benzene rings is 3. The third-order valence-corrected chi connectivity index (χ3v) is 4.93.